The van der Waals surface area contributed by atoms with Crippen molar-refractivity contribution in [1.29, 1.82) is 0 Å². The van der Waals surface area contributed by atoms with E-state index >= 15 is 0 Å². The number of aliphatic hydroxyl groups is 1. The Morgan fingerprint density at radius 2 is 1.87 bits per heavy atom. The van der Waals surface area contributed by atoms with Gasteiger partial charge in [-0.1, -0.05) is 20.3 Å². The smallest absolute Gasteiger partial charge is 0.328 e. The van der Waals surface area contributed by atoms with Gasteiger partial charge in [-0.25, -0.2) is 4.79 Å². The van der Waals surface area contributed by atoms with Crippen molar-refractivity contribution in [2.45, 2.75) is 51.7 Å². The van der Waals surface area contributed by atoms with E-state index in [1.165, 1.54) is 32.9 Å². The monoisotopic (exact) mass is 331 g/mol. The number of ether oxygens (including phenoxy) is 1. The SMILES string of the molecule is CC[C@H](C)[C@@H](C(=O)OC)N(C)C(=O)[C@](C)(CO)NC(=O)[C@H](C)N. The summed E-state index contributed by atoms with van der Waals surface area (Å²) in [4.78, 5) is 37.7. The van der Waals surface area contributed by atoms with E-state index in [4.69, 9.17) is 10.5 Å². The van der Waals surface area contributed by atoms with Crippen LogP contribution in [-0.4, -0.2) is 66.2 Å². The molecule has 0 aliphatic heterocycles. The molecule has 0 aliphatic carbocycles. The largest absolute Gasteiger partial charge is 0.467 e. The Labute approximate surface area is 137 Å². The molecule has 8 nitrogen and oxygen atoms in total. The van der Waals surface area contributed by atoms with Crippen molar-refractivity contribution in [2.24, 2.45) is 11.7 Å². The number of rotatable bonds is 8. The van der Waals surface area contributed by atoms with Crippen LogP contribution in [0.5, 0.6) is 0 Å². The molecule has 4 N–H and O–H groups in total. The van der Waals surface area contributed by atoms with Gasteiger partial charge in [0, 0.05) is 7.05 Å². The second kappa shape index (κ2) is 8.83. The first-order chi connectivity index (χ1) is 10.5. The van der Waals surface area contributed by atoms with E-state index in [2.05, 4.69) is 5.32 Å². The number of amides is 2. The molecule has 0 aromatic carbocycles. The Morgan fingerprint density at radius 1 is 1.35 bits per heavy atom. The summed E-state index contributed by atoms with van der Waals surface area (Å²) >= 11 is 0. The van der Waals surface area contributed by atoms with Crippen molar-refractivity contribution >= 4 is 17.8 Å². The quantitative estimate of drug-likeness (QED) is 0.503. The standard InChI is InChI=1S/C15H29N3O5/c1-7-9(2)11(13(21)23-6)18(5)14(22)15(4,8-19)17-12(20)10(3)16/h9-11,19H,7-8,16H2,1-6H3,(H,17,20)/t9-,10-,11-,15-/m0/s1. The first-order valence-electron chi connectivity index (χ1n) is 7.59. The van der Waals surface area contributed by atoms with Crippen LogP contribution in [0.1, 0.15) is 34.1 Å². The van der Waals surface area contributed by atoms with E-state index in [9.17, 15) is 19.5 Å². The van der Waals surface area contributed by atoms with Crippen molar-refractivity contribution in [1.82, 2.24) is 10.2 Å². The van der Waals surface area contributed by atoms with E-state index in [1.54, 1.807) is 0 Å². The first kappa shape index (κ1) is 21.3. The fraction of sp³-hybridized carbons (Fsp3) is 0.800. The van der Waals surface area contributed by atoms with Gasteiger partial charge < -0.3 is 25.8 Å². The molecular formula is C15H29N3O5. The molecule has 8 heteroatoms. The zero-order valence-corrected chi connectivity index (χ0v) is 14.8. The lowest BCUT2D eigenvalue weighted by molar-refractivity contribution is -0.157. The first-order valence-corrected chi connectivity index (χ1v) is 7.59. The summed E-state index contributed by atoms with van der Waals surface area (Å²) in [6, 6.07) is -1.64. The Bertz CT molecular complexity index is 441. The van der Waals surface area contributed by atoms with Gasteiger partial charge in [0.1, 0.15) is 11.6 Å². The van der Waals surface area contributed by atoms with Crippen LogP contribution in [0.15, 0.2) is 0 Å². The molecule has 0 heterocycles. The lowest BCUT2D eigenvalue weighted by atomic mass is 9.94. The van der Waals surface area contributed by atoms with E-state index in [0.29, 0.717) is 6.42 Å². The number of esters is 1. The number of methoxy groups -OCH3 is 1. The summed E-state index contributed by atoms with van der Waals surface area (Å²) in [6.07, 6.45) is 0.652. The number of carbonyl (C=O) groups is 3. The zero-order valence-electron chi connectivity index (χ0n) is 14.8. The number of likely N-dealkylation sites (N-methyl/N-ethyl adjacent to an activating group) is 1. The molecule has 4 atom stereocenters. The minimum Gasteiger partial charge on any atom is -0.467 e. The lowest BCUT2D eigenvalue weighted by Gasteiger charge is -2.37. The van der Waals surface area contributed by atoms with Gasteiger partial charge in [0.2, 0.25) is 5.91 Å². The molecule has 0 radical (unpaired) electrons. The molecule has 0 fully saturated rings. The van der Waals surface area contributed by atoms with Crippen LogP contribution in [0.2, 0.25) is 0 Å². The van der Waals surface area contributed by atoms with Gasteiger partial charge >= 0.3 is 5.97 Å². The Kier molecular flexibility index (Phi) is 8.19. The third kappa shape index (κ3) is 5.18. The molecule has 0 bridgehead atoms. The topological polar surface area (TPSA) is 122 Å². The molecule has 0 aromatic heterocycles. The molecular weight excluding hydrogens is 302 g/mol. The van der Waals surface area contributed by atoms with Gasteiger partial charge in [-0.3, -0.25) is 9.59 Å². The fourth-order valence-corrected chi connectivity index (χ4v) is 2.18. The van der Waals surface area contributed by atoms with Gasteiger partial charge in [0.05, 0.1) is 19.8 Å². The number of nitrogens with one attached hydrogen (secondary N) is 1. The van der Waals surface area contributed by atoms with Gasteiger partial charge in [0.25, 0.3) is 5.91 Å². The van der Waals surface area contributed by atoms with Crippen LogP contribution in [0.4, 0.5) is 0 Å². The summed E-state index contributed by atoms with van der Waals surface area (Å²) in [7, 11) is 2.70. The van der Waals surface area contributed by atoms with Crippen LogP contribution in [0, 0.1) is 5.92 Å². The number of nitrogens with two attached hydrogens (primary N) is 1. The Balaban J connectivity index is 5.48. The Morgan fingerprint density at radius 3 is 2.22 bits per heavy atom. The van der Waals surface area contributed by atoms with Gasteiger partial charge in [-0.05, 0) is 19.8 Å². The fourth-order valence-electron chi connectivity index (χ4n) is 2.18. The zero-order chi connectivity index (χ0) is 18.4. The van der Waals surface area contributed by atoms with Crippen molar-refractivity contribution in [3.05, 3.63) is 0 Å². The molecule has 134 valence electrons. The van der Waals surface area contributed by atoms with Crippen LogP contribution >= 0.6 is 0 Å². The van der Waals surface area contributed by atoms with E-state index < -0.39 is 42.0 Å². The number of hydrogen-bond acceptors (Lipinski definition) is 6. The summed E-state index contributed by atoms with van der Waals surface area (Å²) in [6.45, 7) is 5.95. The Hall–Kier alpha value is -1.67. The predicted octanol–water partition coefficient (Wildman–Crippen LogP) is -0.753. The maximum Gasteiger partial charge on any atom is 0.328 e. The van der Waals surface area contributed by atoms with E-state index in [0.717, 1.165) is 0 Å². The summed E-state index contributed by atoms with van der Waals surface area (Å²) in [5, 5.41) is 12.0. The number of nitrogens with zero attached hydrogens (tertiary/aromatic N) is 1. The molecule has 2 amide bonds. The van der Waals surface area contributed by atoms with Crippen LogP contribution in [-0.2, 0) is 19.1 Å². The third-order valence-electron chi connectivity index (χ3n) is 3.96. The highest BCUT2D eigenvalue weighted by Gasteiger charge is 2.42. The maximum atomic E-state index is 12.7. The van der Waals surface area contributed by atoms with Crippen LogP contribution in [0.3, 0.4) is 0 Å². The van der Waals surface area contributed by atoms with Crippen LogP contribution < -0.4 is 11.1 Å². The molecule has 0 rings (SSSR count). The normalized spacial score (nSPS) is 17.4. The summed E-state index contributed by atoms with van der Waals surface area (Å²) in [5.41, 5.74) is 3.91. The van der Waals surface area contributed by atoms with Gasteiger partial charge in [-0.2, -0.15) is 0 Å². The van der Waals surface area contributed by atoms with Gasteiger partial charge in [-0.15, -0.1) is 0 Å². The minimum absolute atomic E-state index is 0.150. The van der Waals surface area contributed by atoms with E-state index in [-0.39, 0.29) is 5.92 Å². The van der Waals surface area contributed by atoms with Crippen molar-refractivity contribution < 1.29 is 24.2 Å². The second-order valence-electron chi connectivity index (χ2n) is 6.04. The minimum atomic E-state index is -1.57. The highest BCUT2D eigenvalue weighted by molar-refractivity contribution is 5.94. The summed E-state index contributed by atoms with van der Waals surface area (Å²) in [5.74, 6) is -1.86. The molecule has 0 saturated carbocycles. The average molecular weight is 331 g/mol. The van der Waals surface area contributed by atoms with Crippen molar-refractivity contribution in [2.75, 3.05) is 20.8 Å². The highest BCUT2D eigenvalue weighted by Crippen LogP contribution is 2.19. The van der Waals surface area contributed by atoms with Crippen molar-refractivity contribution in [3.8, 4) is 0 Å². The molecule has 23 heavy (non-hydrogen) atoms. The molecule has 0 aromatic rings. The molecule has 0 aliphatic rings. The molecule has 0 spiro atoms. The predicted molar refractivity (Wildman–Crippen MR) is 85.3 cm³/mol. The maximum absolute atomic E-state index is 12.7. The van der Waals surface area contributed by atoms with Gasteiger partial charge in [0.15, 0.2) is 0 Å². The van der Waals surface area contributed by atoms with Crippen molar-refractivity contribution in [3.63, 3.8) is 0 Å². The number of aliphatic hydroxyl groups excluding tert-OH is 1. The average Bonchev–Trinajstić information content (AvgIpc) is 2.52. The highest BCUT2D eigenvalue weighted by atomic mass is 16.5. The third-order valence-corrected chi connectivity index (χ3v) is 3.96. The summed E-state index contributed by atoms with van der Waals surface area (Å²) < 4.78 is 4.77. The second-order valence-corrected chi connectivity index (χ2v) is 6.04. The molecule has 0 saturated heterocycles. The number of carbonyl (C=O) groups excluding carboxylic acids is 3. The lowest BCUT2D eigenvalue weighted by Crippen LogP contribution is -2.64. The molecule has 0 unspecified atom stereocenters. The van der Waals surface area contributed by atoms with Crippen LogP contribution in [0.25, 0.3) is 0 Å². The number of hydrogen-bond donors (Lipinski definition) is 3. The van der Waals surface area contributed by atoms with E-state index in [1.807, 2.05) is 13.8 Å².